The number of aromatic nitrogens is 1. The van der Waals surface area contributed by atoms with Crippen LogP contribution in [-0.4, -0.2) is 11.8 Å². The lowest BCUT2D eigenvalue weighted by atomic mass is 10.1. The maximum atomic E-state index is 12.8. The Bertz CT molecular complexity index is 601. The number of hydrogen-bond acceptors (Lipinski definition) is 4. The fraction of sp³-hybridized carbons (Fsp3) is 0.267. The van der Waals surface area contributed by atoms with Gasteiger partial charge in [-0.25, -0.2) is 4.39 Å². The summed E-state index contributed by atoms with van der Waals surface area (Å²) >= 11 is 0. The summed E-state index contributed by atoms with van der Waals surface area (Å²) in [6, 6.07) is 9.00. The summed E-state index contributed by atoms with van der Waals surface area (Å²) in [6.45, 7) is 2.95. The minimum absolute atomic E-state index is 0.0426. The van der Waals surface area contributed by atoms with E-state index in [1.807, 2.05) is 25.1 Å². The molecule has 5 heteroatoms. The van der Waals surface area contributed by atoms with Gasteiger partial charge in [0.2, 0.25) is 6.79 Å². The van der Waals surface area contributed by atoms with Gasteiger partial charge in [0, 0.05) is 12.6 Å². The second-order valence-electron chi connectivity index (χ2n) is 4.69. The largest absolute Gasteiger partial charge is 0.454 e. The average molecular weight is 274 g/mol. The highest BCUT2D eigenvalue weighted by molar-refractivity contribution is 5.44. The van der Waals surface area contributed by atoms with E-state index in [1.54, 1.807) is 6.07 Å². The first-order valence-corrected chi connectivity index (χ1v) is 6.46. The molecule has 0 amide bonds. The monoisotopic (exact) mass is 274 g/mol. The van der Waals surface area contributed by atoms with Crippen LogP contribution in [0.2, 0.25) is 0 Å². The van der Waals surface area contributed by atoms with Gasteiger partial charge in [-0.05, 0) is 36.8 Å². The number of halogens is 1. The van der Waals surface area contributed by atoms with Gasteiger partial charge in [-0.1, -0.05) is 6.07 Å². The molecule has 0 spiro atoms. The Hall–Kier alpha value is -2.14. The number of nitrogens with one attached hydrogen (secondary N) is 1. The molecular weight excluding hydrogens is 259 g/mol. The first kappa shape index (κ1) is 12.9. The van der Waals surface area contributed by atoms with Crippen molar-refractivity contribution in [1.29, 1.82) is 0 Å². The van der Waals surface area contributed by atoms with Crippen LogP contribution in [0.4, 0.5) is 4.39 Å². The smallest absolute Gasteiger partial charge is 0.231 e. The predicted octanol–water partition coefficient (Wildman–Crippen LogP) is 2.80. The summed E-state index contributed by atoms with van der Waals surface area (Å²) in [7, 11) is 0. The SMILES string of the molecule is CC(NCc1ccc2c(c1)OCO2)c1ccc(F)cn1. The van der Waals surface area contributed by atoms with Crippen molar-refractivity contribution in [2.45, 2.75) is 19.5 Å². The van der Waals surface area contributed by atoms with Crippen LogP contribution < -0.4 is 14.8 Å². The summed E-state index contributed by atoms with van der Waals surface area (Å²) in [4.78, 5) is 4.07. The second-order valence-corrected chi connectivity index (χ2v) is 4.69. The Kier molecular flexibility index (Phi) is 3.52. The highest BCUT2D eigenvalue weighted by Gasteiger charge is 2.13. The first-order chi connectivity index (χ1) is 9.72. The van der Waals surface area contributed by atoms with Crippen LogP contribution in [0.1, 0.15) is 24.2 Å². The van der Waals surface area contributed by atoms with Crippen molar-refractivity contribution >= 4 is 0 Å². The zero-order valence-electron chi connectivity index (χ0n) is 11.1. The lowest BCUT2D eigenvalue weighted by molar-refractivity contribution is 0.174. The number of ether oxygens (including phenoxy) is 2. The molecule has 1 aliphatic heterocycles. The zero-order chi connectivity index (χ0) is 13.9. The van der Waals surface area contributed by atoms with Gasteiger partial charge >= 0.3 is 0 Å². The van der Waals surface area contributed by atoms with Gasteiger partial charge in [0.05, 0.1) is 11.9 Å². The lowest BCUT2D eigenvalue weighted by Gasteiger charge is -2.13. The number of nitrogens with zero attached hydrogens (tertiary/aromatic N) is 1. The molecule has 3 rings (SSSR count). The molecule has 1 aromatic heterocycles. The fourth-order valence-electron chi connectivity index (χ4n) is 2.07. The van der Waals surface area contributed by atoms with E-state index < -0.39 is 0 Å². The second kappa shape index (κ2) is 5.46. The Morgan fingerprint density at radius 1 is 1.25 bits per heavy atom. The molecule has 0 saturated carbocycles. The van der Waals surface area contributed by atoms with Crippen molar-refractivity contribution < 1.29 is 13.9 Å². The molecular formula is C15H15FN2O2. The van der Waals surface area contributed by atoms with Crippen molar-refractivity contribution in [1.82, 2.24) is 10.3 Å². The van der Waals surface area contributed by atoms with E-state index in [2.05, 4.69) is 10.3 Å². The molecule has 4 nitrogen and oxygen atoms in total. The van der Waals surface area contributed by atoms with Gasteiger partial charge in [-0.15, -0.1) is 0 Å². The Labute approximate surface area is 116 Å². The van der Waals surface area contributed by atoms with Gasteiger partial charge in [-0.2, -0.15) is 0 Å². The highest BCUT2D eigenvalue weighted by atomic mass is 19.1. The van der Waals surface area contributed by atoms with Crippen molar-refractivity contribution in [3.05, 3.63) is 53.6 Å². The maximum absolute atomic E-state index is 12.8. The van der Waals surface area contributed by atoms with Crippen LogP contribution in [0.3, 0.4) is 0 Å². The fourth-order valence-corrected chi connectivity index (χ4v) is 2.07. The van der Waals surface area contributed by atoms with Gasteiger partial charge in [0.25, 0.3) is 0 Å². The van der Waals surface area contributed by atoms with Crippen molar-refractivity contribution in [2.75, 3.05) is 6.79 Å². The first-order valence-electron chi connectivity index (χ1n) is 6.46. The van der Waals surface area contributed by atoms with Crippen LogP contribution in [0.15, 0.2) is 36.5 Å². The molecule has 0 fully saturated rings. The number of hydrogen-bond donors (Lipinski definition) is 1. The van der Waals surface area contributed by atoms with Gasteiger partial charge in [-0.3, -0.25) is 4.98 Å². The Morgan fingerprint density at radius 3 is 2.90 bits per heavy atom. The van der Waals surface area contributed by atoms with E-state index in [0.717, 1.165) is 22.8 Å². The third-order valence-corrected chi connectivity index (χ3v) is 3.24. The normalized spacial score (nSPS) is 14.3. The summed E-state index contributed by atoms with van der Waals surface area (Å²) < 4.78 is 23.4. The number of pyridine rings is 1. The topological polar surface area (TPSA) is 43.4 Å². The molecule has 1 atom stereocenters. The minimum Gasteiger partial charge on any atom is -0.454 e. The van der Waals surface area contributed by atoms with Crippen LogP contribution in [0.25, 0.3) is 0 Å². The Balaban J connectivity index is 1.63. The zero-order valence-corrected chi connectivity index (χ0v) is 11.1. The number of rotatable bonds is 4. The molecule has 1 unspecified atom stereocenters. The van der Waals surface area contributed by atoms with E-state index >= 15 is 0 Å². The Morgan fingerprint density at radius 2 is 2.10 bits per heavy atom. The number of fused-ring (bicyclic) bond motifs is 1. The van der Waals surface area contributed by atoms with E-state index in [0.29, 0.717) is 6.54 Å². The summed E-state index contributed by atoms with van der Waals surface area (Å²) in [6.07, 6.45) is 1.23. The molecule has 0 saturated heterocycles. The van der Waals surface area contributed by atoms with Crippen LogP contribution in [0, 0.1) is 5.82 Å². The predicted molar refractivity (Wildman–Crippen MR) is 72.0 cm³/mol. The van der Waals surface area contributed by atoms with Crippen molar-refractivity contribution in [3.63, 3.8) is 0 Å². The molecule has 2 aromatic rings. The molecule has 104 valence electrons. The van der Waals surface area contributed by atoms with Crippen molar-refractivity contribution in [2.24, 2.45) is 0 Å². The third kappa shape index (κ3) is 2.72. The van der Waals surface area contributed by atoms with Gasteiger partial charge in [0.15, 0.2) is 11.5 Å². The van der Waals surface area contributed by atoms with Gasteiger partial charge < -0.3 is 14.8 Å². The van der Waals surface area contributed by atoms with E-state index in [4.69, 9.17) is 9.47 Å². The summed E-state index contributed by atoms with van der Waals surface area (Å²) in [5, 5.41) is 3.34. The van der Waals surface area contributed by atoms with E-state index in [9.17, 15) is 4.39 Å². The van der Waals surface area contributed by atoms with E-state index in [-0.39, 0.29) is 18.7 Å². The van der Waals surface area contributed by atoms with Crippen LogP contribution >= 0.6 is 0 Å². The minimum atomic E-state index is -0.322. The number of benzene rings is 1. The summed E-state index contributed by atoms with van der Waals surface area (Å²) in [5.74, 6) is 1.23. The molecule has 1 N–H and O–H groups in total. The van der Waals surface area contributed by atoms with Crippen LogP contribution in [-0.2, 0) is 6.54 Å². The van der Waals surface area contributed by atoms with E-state index in [1.165, 1.54) is 12.3 Å². The molecule has 0 bridgehead atoms. The average Bonchev–Trinajstić information content (AvgIpc) is 2.93. The summed E-state index contributed by atoms with van der Waals surface area (Å²) in [5.41, 5.74) is 1.91. The maximum Gasteiger partial charge on any atom is 0.231 e. The van der Waals surface area contributed by atoms with Crippen LogP contribution in [0.5, 0.6) is 11.5 Å². The molecule has 1 aromatic carbocycles. The third-order valence-electron chi connectivity index (χ3n) is 3.24. The lowest BCUT2D eigenvalue weighted by Crippen LogP contribution is -2.19. The highest BCUT2D eigenvalue weighted by Crippen LogP contribution is 2.32. The van der Waals surface area contributed by atoms with Crippen molar-refractivity contribution in [3.8, 4) is 11.5 Å². The molecule has 0 aliphatic carbocycles. The quantitative estimate of drug-likeness (QED) is 0.931. The molecule has 20 heavy (non-hydrogen) atoms. The van der Waals surface area contributed by atoms with Gasteiger partial charge in [0.1, 0.15) is 5.82 Å². The standard InChI is InChI=1S/C15H15FN2O2/c1-10(13-4-3-12(16)8-18-13)17-7-11-2-5-14-15(6-11)20-9-19-14/h2-6,8,10,17H,7,9H2,1H3. The molecule has 0 radical (unpaired) electrons. The molecule has 1 aliphatic rings. The molecule has 2 heterocycles.